The third kappa shape index (κ3) is 35.0. The molecule has 3 saturated heterocycles. The summed E-state index contributed by atoms with van der Waals surface area (Å²) in [5.41, 5.74) is 0. The van der Waals surface area contributed by atoms with Crippen LogP contribution in [0.4, 0.5) is 0 Å². The van der Waals surface area contributed by atoms with Crippen LogP contribution >= 0.6 is 0 Å². The number of unbranched alkanes of at least 4 members (excludes halogenated alkanes) is 42. The topological polar surface area (TPSA) is 307 Å². The van der Waals surface area contributed by atoms with E-state index in [0.717, 1.165) is 44.9 Å². The van der Waals surface area contributed by atoms with Crippen molar-refractivity contribution in [3.8, 4) is 0 Å². The Morgan fingerprint density at radius 3 is 1.04 bits per heavy atom. The van der Waals surface area contributed by atoms with Gasteiger partial charge in [-0.15, -0.1) is 0 Å². The van der Waals surface area contributed by atoms with E-state index >= 15 is 0 Å². The van der Waals surface area contributed by atoms with Crippen LogP contribution in [-0.2, 0) is 33.2 Å². The van der Waals surface area contributed by atoms with Crippen LogP contribution in [0.5, 0.6) is 0 Å². The van der Waals surface area contributed by atoms with Gasteiger partial charge < -0.3 is 89.9 Å². The zero-order valence-electron chi connectivity index (χ0n) is 56.4. The highest BCUT2D eigenvalue weighted by molar-refractivity contribution is 5.76. The van der Waals surface area contributed by atoms with Crippen molar-refractivity contribution in [2.45, 2.75) is 407 Å². The van der Waals surface area contributed by atoms with Crippen molar-refractivity contribution in [1.82, 2.24) is 5.32 Å². The maximum Gasteiger partial charge on any atom is 0.220 e. The van der Waals surface area contributed by atoms with Gasteiger partial charge in [0.25, 0.3) is 0 Å². The number of aliphatic hydroxyl groups is 11. The number of ether oxygens (including phenoxy) is 6. The summed E-state index contributed by atoms with van der Waals surface area (Å²) in [5.74, 6) is -0.268. The average molecular weight is 1290 g/mol. The van der Waals surface area contributed by atoms with Gasteiger partial charge in [0.2, 0.25) is 5.91 Å². The standard InChI is InChI=1S/C71H135NO18/c1-3-5-7-9-11-13-15-17-19-21-23-24-25-26-27-28-29-30-31-33-35-37-39-41-43-45-47-49-59(77)72-54(55(76)48-46-44-42-40-38-36-34-32-22-20-18-16-14-12-10-8-6-4-2)53-85-69-65(83)62(80)67(57(51-74)87-69)90-71-66(84)63(81)68(58(52-75)88-71)89-70-64(82)61(79)60(78)56(50-73)86-70/h46,48,54-58,60-71,73-76,78-84H,3-45,47,49-53H2,1-2H3,(H,72,77)/b48-46+. The minimum Gasteiger partial charge on any atom is -0.394 e. The monoisotopic (exact) mass is 1290 g/mol. The number of carbonyl (C=O) groups is 1. The molecule has 0 bridgehead atoms. The van der Waals surface area contributed by atoms with Crippen LogP contribution in [0.15, 0.2) is 12.2 Å². The lowest BCUT2D eigenvalue weighted by molar-refractivity contribution is -0.379. The predicted molar refractivity (Wildman–Crippen MR) is 351 cm³/mol. The fourth-order valence-electron chi connectivity index (χ4n) is 12.8. The largest absolute Gasteiger partial charge is 0.394 e. The molecule has 19 nitrogen and oxygen atoms in total. The van der Waals surface area contributed by atoms with Crippen LogP contribution in [0, 0.1) is 0 Å². The van der Waals surface area contributed by atoms with Gasteiger partial charge >= 0.3 is 0 Å². The second kappa shape index (κ2) is 53.6. The molecule has 0 aromatic heterocycles. The van der Waals surface area contributed by atoms with Crippen molar-refractivity contribution in [3.63, 3.8) is 0 Å². The first-order chi connectivity index (χ1) is 43.8. The van der Waals surface area contributed by atoms with Crippen molar-refractivity contribution in [2.24, 2.45) is 0 Å². The molecule has 12 N–H and O–H groups in total. The Hall–Kier alpha value is -1.47. The van der Waals surface area contributed by atoms with Gasteiger partial charge in [0.05, 0.1) is 38.6 Å². The van der Waals surface area contributed by atoms with Crippen LogP contribution in [-0.4, -0.2) is 193 Å². The molecule has 0 spiro atoms. The third-order valence-corrected chi connectivity index (χ3v) is 18.8. The maximum absolute atomic E-state index is 13.4. The molecule has 0 aliphatic carbocycles. The van der Waals surface area contributed by atoms with E-state index in [1.807, 2.05) is 6.08 Å². The number of hydrogen-bond acceptors (Lipinski definition) is 18. The number of aliphatic hydroxyl groups excluding tert-OH is 11. The molecule has 0 saturated carbocycles. The van der Waals surface area contributed by atoms with Crippen LogP contribution in [0.3, 0.4) is 0 Å². The Balaban J connectivity index is 1.40. The molecular formula is C71H135NO18. The number of hydrogen-bond donors (Lipinski definition) is 12. The molecule has 0 aromatic rings. The lowest BCUT2D eigenvalue weighted by Crippen LogP contribution is -2.66. The first-order valence-corrected chi connectivity index (χ1v) is 36.9. The Kier molecular flexibility index (Phi) is 49.3. The number of carbonyl (C=O) groups excluding carboxylic acids is 1. The van der Waals surface area contributed by atoms with E-state index in [1.165, 1.54) is 231 Å². The quantitative estimate of drug-likeness (QED) is 0.0199. The second-order valence-electron chi connectivity index (χ2n) is 26.8. The van der Waals surface area contributed by atoms with Gasteiger partial charge in [-0.25, -0.2) is 0 Å². The summed E-state index contributed by atoms with van der Waals surface area (Å²) < 4.78 is 34.4. The number of amides is 1. The molecule has 3 rings (SSSR count). The van der Waals surface area contributed by atoms with Crippen molar-refractivity contribution < 1.29 is 89.4 Å². The van der Waals surface area contributed by atoms with E-state index in [9.17, 15) is 61.0 Å². The van der Waals surface area contributed by atoms with Crippen LogP contribution in [0.25, 0.3) is 0 Å². The Morgan fingerprint density at radius 2 is 0.689 bits per heavy atom. The molecule has 90 heavy (non-hydrogen) atoms. The molecule has 17 atom stereocenters. The Morgan fingerprint density at radius 1 is 0.389 bits per heavy atom. The van der Waals surface area contributed by atoms with Gasteiger partial charge in [-0.3, -0.25) is 4.79 Å². The smallest absolute Gasteiger partial charge is 0.220 e. The first kappa shape index (κ1) is 82.8. The molecule has 1 amide bonds. The second-order valence-corrected chi connectivity index (χ2v) is 26.8. The van der Waals surface area contributed by atoms with Crippen molar-refractivity contribution in [2.75, 3.05) is 26.4 Å². The summed E-state index contributed by atoms with van der Waals surface area (Å²) in [6.07, 6.45) is 33.4. The molecule has 3 heterocycles. The fraction of sp³-hybridized carbons (Fsp3) is 0.958. The highest BCUT2D eigenvalue weighted by Gasteiger charge is 2.53. The minimum atomic E-state index is -1.98. The van der Waals surface area contributed by atoms with Crippen molar-refractivity contribution >= 4 is 5.91 Å². The summed E-state index contributed by atoms with van der Waals surface area (Å²) in [5, 5.41) is 121. The van der Waals surface area contributed by atoms with Gasteiger partial charge in [0.1, 0.15) is 73.2 Å². The van der Waals surface area contributed by atoms with Gasteiger partial charge in [-0.2, -0.15) is 0 Å². The lowest BCUT2D eigenvalue weighted by Gasteiger charge is -2.48. The van der Waals surface area contributed by atoms with Crippen LogP contribution in [0.2, 0.25) is 0 Å². The molecule has 532 valence electrons. The van der Waals surface area contributed by atoms with Gasteiger partial charge in [0, 0.05) is 6.42 Å². The predicted octanol–water partition coefficient (Wildman–Crippen LogP) is 10.4. The van der Waals surface area contributed by atoms with E-state index in [0.29, 0.717) is 6.42 Å². The fourth-order valence-corrected chi connectivity index (χ4v) is 12.8. The zero-order valence-corrected chi connectivity index (χ0v) is 56.4. The molecule has 3 aliphatic rings. The van der Waals surface area contributed by atoms with E-state index < -0.39 is 124 Å². The third-order valence-electron chi connectivity index (χ3n) is 18.8. The van der Waals surface area contributed by atoms with Crippen molar-refractivity contribution in [1.29, 1.82) is 0 Å². The number of rotatable bonds is 58. The van der Waals surface area contributed by atoms with Crippen molar-refractivity contribution in [3.05, 3.63) is 12.2 Å². The van der Waals surface area contributed by atoms with E-state index in [-0.39, 0.29) is 18.9 Å². The highest BCUT2D eigenvalue weighted by Crippen LogP contribution is 2.33. The summed E-state index contributed by atoms with van der Waals surface area (Å²) in [4.78, 5) is 13.4. The number of allylic oxidation sites excluding steroid dienone is 1. The first-order valence-electron chi connectivity index (χ1n) is 36.9. The molecule has 17 unspecified atom stereocenters. The Labute approximate surface area is 544 Å². The normalized spacial score (nSPS) is 28.0. The molecular weight excluding hydrogens is 1150 g/mol. The van der Waals surface area contributed by atoms with Gasteiger partial charge in [-0.1, -0.05) is 289 Å². The van der Waals surface area contributed by atoms with E-state index in [2.05, 4.69) is 19.2 Å². The van der Waals surface area contributed by atoms with Gasteiger partial charge in [0.15, 0.2) is 18.9 Å². The average Bonchev–Trinajstić information content (AvgIpc) is 1.04. The van der Waals surface area contributed by atoms with Gasteiger partial charge in [-0.05, 0) is 19.3 Å². The Bertz CT molecular complexity index is 1680. The number of nitrogens with one attached hydrogen (secondary N) is 1. The SMILES string of the molecule is CCCCCCCCCCCCCCCCCC/C=C/C(O)C(COC1OC(CO)C(OC2OC(CO)C(OC3OC(CO)C(O)C(O)C3O)C(O)C2O)C(O)C1O)NC(=O)CCCCCCCCCCCCCCCCCCCCCCCCCCCCC. The molecule has 19 heteroatoms. The van der Waals surface area contributed by atoms with Crippen LogP contribution in [0.1, 0.15) is 303 Å². The van der Waals surface area contributed by atoms with E-state index in [1.54, 1.807) is 6.08 Å². The molecule has 3 fully saturated rings. The zero-order chi connectivity index (χ0) is 65.4. The molecule has 0 aromatic carbocycles. The summed E-state index contributed by atoms with van der Waals surface area (Å²) >= 11 is 0. The lowest BCUT2D eigenvalue weighted by atomic mass is 9.96. The summed E-state index contributed by atoms with van der Waals surface area (Å²) in [6, 6.07) is -0.969. The maximum atomic E-state index is 13.4. The summed E-state index contributed by atoms with van der Waals surface area (Å²) in [6.45, 7) is 1.78. The molecule has 3 aliphatic heterocycles. The molecule has 0 radical (unpaired) electrons. The van der Waals surface area contributed by atoms with Crippen LogP contribution < -0.4 is 5.32 Å². The minimum absolute atomic E-state index is 0.250. The van der Waals surface area contributed by atoms with E-state index in [4.69, 9.17) is 28.4 Å². The summed E-state index contributed by atoms with van der Waals surface area (Å²) in [7, 11) is 0. The highest BCUT2D eigenvalue weighted by atomic mass is 16.8.